The molecule has 0 spiro atoms. The molecule has 1 aromatic carbocycles. The highest BCUT2D eigenvalue weighted by Gasteiger charge is 2.28. The Morgan fingerprint density at radius 2 is 2.08 bits per heavy atom. The Bertz CT molecular complexity index is 556. The van der Waals surface area contributed by atoms with Gasteiger partial charge in [-0.15, -0.1) is 0 Å². The van der Waals surface area contributed by atoms with Gasteiger partial charge in [-0.1, -0.05) is 37.3 Å². The summed E-state index contributed by atoms with van der Waals surface area (Å²) in [5, 5.41) is 3.48. The van der Waals surface area contributed by atoms with E-state index in [4.69, 9.17) is 0 Å². The predicted molar refractivity (Wildman–Crippen MR) is 107 cm³/mol. The summed E-state index contributed by atoms with van der Waals surface area (Å²) in [7, 11) is 2.02. The Hall–Kier alpha value is -1.39. The van der Waals surface area contributed by atoms with Gasteiger partial charge in [0.05, 0.1) is 0 Å². The summed E-state index contributed by atoms with van der Waals surface area (Å²) in [6, 6.07) is 11.0. The van der Waals surface area contributed by atoms with Crippen molar-refractivity contribution in [1.82, 2.24) is 15.1 Å². The van der Waals surface area contributed by atoms with Crippen LogP contribution in [-0.2, 0) is 11.3 Å². The summed E-state index contributed by atoms with van der Waals surface area (Å²) >= 11 is 0. The molecule has 2 aliphatic heterocycles. The van der Waals surface area contributed by atoms with E-state index in [0.29, 0.717) is 30.2 Å². The quantitative estimate of drug-likeness (QED) is 0.850. The number of amides is 1. The molecule has 1 aromatic rings. The van der Waals surface area contributed by atoms with Crippen LogP contribution in [0.1, 0.15) is 44.6 Å². The van der Waals surface area contributed by atoms with Gasteiger partial charge in [-0.2, -0.15) is 0 Å². The van der Waals surface area contributed by atoms with Crippen molar-refractivity contribution in [1.29, 1.82) is 0 Å². The number of nitrogens with zero attached hydrogens (tertiary/aromatic N) is 2. The zero-order valence-electron chi connectivity index (χ0n) is 16.5. The zero-order chi connectivity index (χ0) is 18.4. The Morgan fingerprint density at radius 1 is 1.27 bits per heavy atom. The van der Waals surface area contributed by atoms with Gasteiger partial charge in [-0.3, -0.25) is 9.69 Å². The molecule has 0 aromatic heterocycles. The number of likely N-dealkylation sites (tertiary alicyclic amines) is 1. The summed E-state index contributed by atoms with van der Waals surface area (Å²) in [5.74, 6) is 1.46. The first kappa shape index (κ1) is 19.4. The molecule has 3 rings (SSSR count). The fraction of sp³-hybridized carbons (Fsp3) is 0.682. The summed E-state index contributed by atoms with van der Waals surface area (Å²) in [6.07, 6.45) is 5.51. The van der Waals surface area contributed by atoms with E-state index in [9.17, 15) is 4.79 Å². The molecule has 3 unspecified atom stereocenters. The van der Waals surface area contributed by atoms with Crippen LogP contribution in [0.4, 0.5) is 0 Å². The van der Waals surface area contributed by atoms with Crippen molar-refractivity contribution < 1.29 is 4.79 Å². The molecule has 4 nitrogen and oxygen atoms in total. The van der Waals surface area contributed by atoms with Crippen LogP contribution in [0.5, 0.6) is 0 Å². The number of carbonyl (C=O) groups is 1. The van der Waals surface area contributed by atoms with Crippen LogP contribution in [-0.4, -0.2) is 55.0 Å². The van der Waals surface area contributed by atoms with Gasteiger partial charge in [-0.25, -0.2) is 0 Å². The minimum atomic E-state index is 0.328. The van der Waals surface area contributed by atoms with Gasteiger partial charge in [0, 0.05) is 32.6 Å². The van der Waals surface area contributed by atoms with E-state index >= 15 is 0 Å². The first-order valence-electron chi connectivity index (χ1n) is 10.4. The van der Waals surface area contributed by atoms with Crippen molar-refractivity contribution in [2.45, 2.75) is 51.6 Å². The van der Waals surface area contributed by atoms with Crippen molar-refractivity contribution in [2.24, 2.45) is 11.8 Å². The molecular weight excluding hydrogens is 322 g/mol. The molecule has 2 saturated heterocycles. The SMILES string of the molecule is CC(CC(=O)N(C)C1CCCN(Cc2ccccc2)C1)C1CCCNC1. The zero-order valence-corrected chi connectivity index (χ0v) is 16.5. The highest BCUT2D eigenvalue weighted by molar-refractivity contribution is 5.76. The number of likely N-dealkylation sites (N-methyl/N-ethyl adjacent to an activating group) is 1. The van der Waals surface area contributed by atoms with Crippen molar-refractivity contribution in [3.8, 4) is 0 Å². The highest BCUT2D eigenvalue weighted by Crippen LogP contribution is 2.24. The van der Waals surface area contributed by atoms with Crippen LogP contribution >= 0.6 is 0 Å². The molecule has 4 heteroatoms. The van der Waals surface area contributed by atoms with Crippen molar-refractivity contribution in [3.63, 3.8) is 0 Å². The number of nitrogens with one attached hydrogen (secondary N) is 1. The number of hydrogen-bond donors (Lipinski definition) is 1. The molecule has 0 aliphatic carbocycles. The first-order valence-corrected chi connectivity index (χ1v) is 10.4. The lowest BCUT2D eigenvalue weighted by atomic mass is 9.85. The summed E-state index contributed by atoms with van der Waals surface area (Å²) in [6.45, 7) is 7.59. The van der Waals surface area contributed by atoms with Crippen LogP contribution in [0.3, 0.4) is 0 Å². The molecule has 0 radical (unpaired) electrons. The Kier molecular flexibility index (Phi) is 7.09. The molecule has 1 amide bonds. The minimum absolute atomic E-state index is 0.328. The third-order valence-corrected chi connectivity index (χ3v) is 6.31. The molecular formula is C22H35N3O. The van der Waals surface area contributed by atoms with Gasteiger partial charge >= 0.3 is 0 Å². The maximum Gasteiger partial charge on any atom is 0.222 e. The summed E-state index contributed by atoms with van der Waals surface area (Å²) in [4.78, 5) is 17.4. The third-order valence-electron chi connectivity index (χ3n) is 6.31. The van der Waals surface area contributed by atoms with E-state index in [2.05, 4.69) is 47.5 Å². The lowest BCUT2D eigenvalue weighted by molar-refractivity contribution is -0.134. The number of piperidine rings is 2. The van der Waals surface area contributed by atoms with Gasteiger partial charge in [0.2, 0.25) is 5.91 Å². The second-order valence-corrected chi connectivity index (χ2v) is 8.31. The first-order chi connectivity index (χ1) is 12.6. The van der Waals surface area contributed by atoms with Gasteiger partial charge < -0.3 is 10.2 Å². The molecule has 144 valence electrons. The van der Waals surface area contributed by atoms with E-state index in [-0.39, 0.29) is 0 Å². The van der Waals surface area contributed by atoms with Crippen LogP contribution in [0, 0.1) is 11.8 Å². The molecule has 1 N–H and O–H groups in total. The smallest absolute Gasteiger partial charge is 0.222 e. The fourth-order valence-corrected chi connectivity index (χ4v) is 4.49. The lowest BCUT2D eigenvalue weighted by Gasteiger charge is -2.38. The normalized spacial score (nSPS) is 25.6. The maximum absolute atomic E-state index is 12.8. The number of rotatable bonds is 6. The van der Waals surface area contributed by atoms with Crippen LogP contribution in [0.25, 0.3) is 0 Å². The second-order valence-electron chi connectivity index (χ2n) is 8.31. The average Bonchev–Trinajstić information content (AvgIpc) is 2.69. The van der Waals surface area contributed by atoms with Crippen molar-refractivity contribution in [2.75, 3.05) is 33.2 Å². The van der Waals surface area contributed by atoms with Crippen molar-refractivity contribution >= 4 is 5.91 Å². The number of carbonyl (C=O) groups excluding carboxylic acids is 1. The monoisotopic (exact) mass is 357 g/mol. The topological polar surface area (TPSA) is 35.6 Å². The van der Waals surface area contributed by atoms with E-state index in [0.717, 1.165) is 39.1 Å². The molecule has 2 aliphatic rings. The highest BCUT2D eigenvalue weighted by atomic mass is 16.2. The van der Waals surface area contributed by atoms with E-state index in [1.54, 1.807) is 0 Å². The van der Waals surface area contributed by atoms with Gasteiger partial charge in [0.25, 0.3) is 0 Å². The van der Waals surface area contributed by atoms with Gasteiger partial charge in [0.15, 0.2) is 0 Å². The standard InChI is InChI=1S/C22H35N3O/c1-18(20-10-6-12-23-15-20)14-22(26)24(2)21-11-7-13-25(17-21)16-19-8-4-3-5-9-19/h3-5,8-9,18,20-21,23H,6-7,10-17H2,1-2H3. The van der Waals surface area contributed by atoms with Gasteiger partial charge in [-0.05, 0) is 62.7 Å². The van der Waals surface area contributed by atoms with E-state index < -0.39 is 0 Å². The molecule has 2 heterocycles. The summed E-state index contributed by atoms with van der Waals surface area (Å²) in [5.41, 5.74) is 1.36. The Balaban J connectivity index is 1.49. The average molecular weight is 358 g/mol. The van der Waals surface area contributed by atoms with Crippen LogP contribution in [0.2, 0.25) is 0 Å². The minimum Gasteiger partial charge on any atom is -0.341 e. The fourth-order valence-electron chi connectivity index (χ4n) is 4.49. The van der Waals surface area contributed by atoms with Gasteiger partial charge in [0.1, 0.15) is 0 Å². The third kappa shape index (κ3) is 5.31. The van der Waals surface area contributed by atoms with E-state index in [1.165, 1.54) is 24.8 Å². The number of hydrogen-bond acceptors (Lipinski definition) is 3. The maximum atomic E-state index is 12.8. The molecule has 0 saturated carbocycles. The predicted octanol–water partition coefficient (Wildman–Crippen LogP) is 3.14. The lowest BCUT2D eigenvalue weighted by Crippen LogP contribution is -2.48. The second kappa shape index (κ2) is 9.52. The molecule has 2 fully saturated rings. The number of benzene rings is 1. The Morgan fingerprint density at radius 3 is 2.81 bits per heavy atom. The molecule has 0 bridgehead atoms. The van der Waals surface area contributed by atoms with Crippen LogP contribution in [0.15, 0.2) is 30.3 Å². The molecule has 3 atom stereocenters. The summed E-state index contributed by atoms with van der Waals surface area (Å²) < 4.78 is 0. The van der Waals surface area contributed by atoms with Crippen LogP contribution < -0.4 is 5.32 Å². The van der Waals surface area contributed by atoms with Crippen molar-refractivity contribution in [3.05, 3.63) is 35.9 Å². The Labute approximate surface area is 158 Å². The van der Waals surface area contributed by atoms with E-state index in [1.807, 2.05) is 11.9 Å². The largest absolute Gasteiger partial charge is 0.341 e. The molecule has 26 heavy (non-hydrogen) atoms.